The molecule has 2 fully saturated rings. The zero-order chi connectivity index (χ0) is 24.7. The molecule has 4 rings (SSSR count). The van der Waals surface area contributed by atoms with E-state index in [1.165, 1.54) is 11.1 Å². The number of piperazine rings is 1. The predicted molar refractivity (Wildman–Crippen MR) is 141 cm³/mol. The fraction of sp³-hybridized carbons (Fsp3) is 0.517. The number of nitrogens with zero attached hydrogens (tertiary/aromatic N) is 3. The van der Waals surface area contributed by atoms with E-state index in [2.05, 4.69) is 64.6 Å². The first-order valence-electron chi connectivity index (χ1n) is 13.0. The third-order valence-electron chi connectivity index (χ3n) is 7.65. The van der Waals surface area contributed by atoms with Crippen molar-refractivity contribution < 1.29 is 4.79 Å². The lowest BCUT2D eigenvalue weighted by Crippen LogP contribution is -2.57. The van der Waals surface area contributed by atoms with Gasteiger partial charge in [-0.25, -0.2) is 0 Å². The average molecular weight is 474 g/mol. The number of nitrogens with one attached hydrogen (secondary N) is 1. The van der Waals surface area contributed by atoms with Crippen LogP contribution < -0.4 is 11.1 Å². The minimum absolute atomic E-state index is 0.187. The maximum Gasteiger partial charge on any atom is 0.241 e. The van der Waals surface area contributed by atoms with Crippen molar-refractivity contribution in [2.24, 2.45) is 5.73 Å². The van der Waals surface area contributed by atoms with E-state index >= 15 is 0 Å². The number of carbonyl (C=O) groups excluding carboxylic acids is 1. The first kappa shape index (κ1) is 25.4. The Morgan fingerprint density at radius 1 is 0.971 bits per heavy atom. The topological polar surface area (TPSA) is 85.4 Å². The number of rotatable bonds is 8. The molecule has 0 unspecified atom stereocenters. The molecule has 1 aliphatic carbocycles. The number of likely N-dealkylation sites (N-methyl/N-ethyl adjacent to an activating group) is 1. The molecular formula is C29H39N5O. The van der Waals surface area contributed by atoms with Crippen LogP contribution in [0.1, 0.15) is 43.2 Å². The monoisotopic (exact) mass is 473 g/mol. The van der Waals surface area contributed by atoms with Crippen LogP contribution in [0.15, 0.2) is 48.5 Å². The normalized spacial score (nSPS) is 19.6. The summed E-state index contributed by atoms with van der Waals surface area (Å²) in [5, 5.41) is 12.5. The molecular weight excluding hydrogens is 434 g/mol. The van der Waals surface area contributed by atoms with Crippen LogP contribution in [-0.4, -0.2) is 67.1 Å². The second-order valence-electron chi connectivity index (χ2n) is 10.4. The van der Waals surface area contributed by atoms with Gasteiger partial charge in [-0.3, -0.25) is 4.79 Å². The summed E-state index contributed by atoms with van der Waals surface area (Å²) in [5.74, 6) is -0.187. The van der Waals surface area contributed by atoms with Crippen LogP contribution in [0, 0.1) is 11.3 Å². The van der Waals surface area contributed by atoms with Crippen LogP contribution in [0.2, 0.25) is 0 Å². The molecule has 1 aliphatic heterocycles. The molecule has 35 heavy (non-hydrogen) atoms. The number of hydrogen-bond acceptors (Lipinski definition) is 5. The number of carbonyl (C=O) groups is 1. The van der Waals surface area contributed by atoms with E-state index in [4.69, 9.17) is 5.73 Å². The number of nitriles is 1. The number of benzene rings is 2. The largest absolute Gasteiger partial charge is 0.338 e. The summed E-state index contributed by atoms with van der Waals surface area (Å²) in [7, 11) is 2.19. The van der Waals surface area contributed by atoms with E-state index in [0.717, 1.165) is 69.5 Å². The lowest BCUT2D eigenvalue weighted by atomic mass is 9.81. The van der Waals surface area contributed by atoms with Gasteiger partial charge in [0.05, 0.1) is 11.6 Å². The van der Waals surface area contributed by atoms with Gasteiger partial charge in [0.2, 0.25) is 5.91 Å². The van der Waals surface area contributed by atoms with Crippen molar-refractivity contribution >= 4 is 5.91 Å². The van der Waals surface area contributed by atoms with Crippen LogP contribution >= 0.6 is 0 Å². The maximum atomic E-state index is 12.7. The first-order chi connectivity index (χ1) is 16.9. The molecule has 2 aromatic rings. The van der Waals surface area contributed by atoms with Gasteiger partial charge in [-0.05, 0) is 48.6 Å². The third-order valence-corrected chi connectivity index (χ3v) is 7.65. The Hall–Kier alpha value is -2.72. The van der Waals surface area contributed by atoms with E-state index < -0.39 is 11.6 Å². The van der Waals surface area contributed by atoms with E-state index in [0.29, 0.717) is 19.3 Å². The molecule has 6 heteroatoms. The highest BCUT2D eigenvalue weighted by Gasteiger charge is 2.36. The third kappa shape index (κ3) is 6.91. The van der Waals surface area contributed by atoms with E-state index in [9.17, 15) is 10.1 Å². The Balaban J connectivity index is 1.29. The summed E-state index contributed by atoms with van der Waals surface area (Å²) in [4.78, 5) is 17.6. The molecule has 0 aromatic heterocycles. The van der Waals surface area contributed by atoms with E-state index in [1.54, 1.807) is 0 Å². The highest BCUT2D eigenvalue weighted by Crippen LogP contribution is 2.26. The second kappa shape index (κ2) is 11.8. The minimum atomic E-state index is -0.826. The SMILES string of the molecule is CN1CCN(CCc2ccc(-c3ccc(C[C@@H](C#N)NC(=O)C4(N)CCCCC4)cc3)cc2)CC1. The van der Waals surface area contributed by atoms with Crippen molar-refractivity contribution in [2.75, 3.05) is 39.8 Å². The predicted octanol–water partition coefficient (Wildman–Crippen LogP) is 3.36. The van der Waals surface area contributed by atoms with Crippen LogP contribution in [-0.2, 0) is 17.6 Å². The smallest absolute Gasteiger partial charge is 0.241 e. The maximum absolute atomic E-state index is 12.7. The van der Waals surface area contributed by atoms with Gasteiger partial charge in [-0.2, -0.15) is 5.26 Å². The fourth-order valence-corrected chi connectivity index (χ4v) is 5.13. The fourth-order valence-electron chi connectivity index (χ4n) is 5.13. The average Bonchev–Trinajstić information content (AvgIpc) is 2.89. The molecule has 1 atom stereocenters. The number of amides is 1. The summed E-state index contributed by atoms with van der Waals surface area (Å²) in [6.07, 6.45) is 6.01. The van der Waals surface area contributed by atoms with Gasteiger partial charge in [-0.1, -0.05) is 67.8 Å². The first-order valence-corrected chi connectivity index (χ1v) is 13.0. The Bertz CT molecular complexity index is 997. The van der Waals surface area contributed by atoms with Gasteiger partial charge in [-0.15, -0.1) is 0 Å². The quantitative estimate of drug-likeness (QED) is 0.614. The van der Waals surface area contributed by atoms with Crippen molar-refractivity contribution in [1.82, 2.24) is 15.1 Å². The van der Waals surface area contributed by atoms with Crippen molar-refractivity contribution in [3.05, 3.63) is 59.7 Å². The molecule has 3 N–H and O–H groups in total. The van der Waals surface area contributed by atoms with E-state index in [1.807, 2.05) is 12.1 Å². The van der Waals surface area contributed by atoms with Crippen molar-refractivity contribution in [2.45, 2.75) is 56.5 Å². The molecule has 1 amide bonds. The molecule has 0 spiro atoms. The molecule has 186 valence electrons. The van der Waals surface area contributed by atoms with Gasteiger partial charge in [0.25, 0.3) is 0 Å². The summed E-state index contributed by atoms with van der Waals surface area (Å²) >= 11 is 0. The Labute approximate surface area is 210 Å². The second-order valence-corrected chi connectivity index (χ2v) is 10.4. The highest BCUT2D eigenvalue weighted by molar-refractivity contribution is 5.86. The molecule has 1 heterocycles. The van der Waals surface area contributed by atoms with Gasteiger partial charge in [0.1, 0.15) is 6.04 Å². The highest BCUT2D eigenvalue weighted by atomic mass is 16.2. The van der Waals surface area contributed by atoms with Crippen LogP contribution in [0.5, 0.6) is 0 Å². The van der Waals surface area contributed by atoms with Crippen LogP contribution in [0.25, 0.3) is 11.1 Å². The molecule has 2 aliphatic rings. The Morgan fingerprint density at radius 3 is 2.11 bits per heavy atom. The zero-order valence-corrected chi connectivity index (χ0v) is 21.0. The molecule has 0 radical (unpaired) electrons. The van der Waals surface area contributed by atoms with E-state index in [-0.39, 0.29) is 5.91 Å². The zero-order valence-electron chi connectivity index (χ0n) is 21.0. The number of hydrogen-bond donors (Lipinski definition) is 2. The summed E-state index contributed by atoms with van der Waals surface area (Å²) in [6.45, 7) is 5.74. The molecule has 0 bridgehead atoms. The lowest BCUT2D eigenvalue weighted by molar-refractivity contribution is -0.127. The molecule has 1 saturated heterocycles. The summed E-state index contributed by atoms with van der Waals surface area (Å²) in [6, 6.07) is 18.8. The van der Waals surface area contributed by atoms with Crippen LogP contribution in [0.3, 0.4) is 0 Å². The minimum Gasteiger partial charge on any atom is -0.338 e. The van der Waals surface area contributed by atoms with Crippen molar-refractivity contribution in [3.8, 4) is 17.2 Å². The van der Waals surface area contributed by atoms with Gasteiger partial charge < -0.3 is 20.9 Å². The summed E-state index contributed by atoms with van der Waals surface area (Å²) in [5.41, 5.74) is 10.2. The standard InChI is InChI=1S/C29H39N5O/c1-33-17-19-34(20-18-33)16-13-23-5-9-25(10-6-23)26-11-7-24(8-12-26)21-27(22-30)32-28(35)29(31)14-3-2-4-15-29/h5-12,27H,2-4,13-21,31H2,1H3,(H,32,35)/t27-/m0/s1. The lowest BCUT2D eigenvalue weighted by Gasteiger charge is -2.32. The van der Waals surface area contributed by atoms with Crippen LogP contribution in [0.4, 0.5) is 0 Å². The Kier molecular flexibility index (Phi) is 8.56. The molecule has 1 saturated carbocycles. The Morgan fingerprint density at radius 2 is 1.54 bits per heavy atom. The van der Waals surface area contributed by atoms with Crippen molar-refractivity contribution in [3.63, 3.8) is 0 Å². The van der Waals surface area contributed by atoms with Gasteiger partial charge >= 0.3 is 0 Å². The van der Waals surface area contributed by atoms with Gasteiger partial charge in [0.15, 0.2) is 0 Å². The molecule has 6 nitrogen and oxygen atoms in total. The molecule has 2 aromatic carbocycles. The summed E-state index contributed by atoms with van der Waals surface area (Å²) < 4.78 is 0. The van der Waals surface area contributed by atoms with Crippen molar-refractivity contribution in [1.29, 1.82) is 5.26 Å². The van der Waals surface area contributed by atoms with Gasteiger partial charge in [0, 0.05) is 39.1 Å². The number of nitrogens with two attached hydrogens (primary N) is 1.